The Hall–Kier alpha value is -0.840. The van der Waals surface area contributed by atoms with Crippen LogP contribution in [0.15, 0.2) is 0 Å². The molecule has 0 aliphatic carbocycles. The van der Waals surface area contributed by atoms with Gasteiger partial charge in [0.2, 0.25) is 0 Å². The molecule has 0 aromatic rings. The quantitative estimate of drug-likeness (QED) is 0.247. The SMILES string of the molecule is CCCC[N+](CCCC)(CCCC)CCCC.O=[15N+]([O-])O. The van der Waals surface area contributed by atoms with Gasteiger partial charge in [0.1, 0.15) is 0 Å². The largest absolute Gasteiger partial charge is 0.328 e. The van der Waals surface area contributed by atoms with Crippen molar-refractivity contribution in [1.29, 1.82) is 0 Å². The lowest BCUT2D eigenvalue weighted by atomic mass is 10.1. The van der Waals surface area contributed by atoms with Gasteiger partial charge in [-0.2, -0.15) is 0 Å². The first-order chi connectivity index (χ1) is 9.97. The van der Waals surface area contributed by atoms with Gasteiger partial charge in [-0.3, -0.25) is 0 Å². The normalized spacial score (nSPS) is 10.9. The van der Waals surface area contributed by atoms with Crippen molar-refractivity contribution >= 4 is 0 Å². The van der Waals surface area contributed by atoms with E-state index in [1.165, 1.54) is 82.0 Å². The minimum absolute atomic E-state index is 1.35. The van der Waals surface area contributed by atoms with Gasteiger partial charge in [0.25, 0.3) is 5.09 Å². The van der Waals surface area contributed by atoms with Gasteiger partial charge in [0.15, 0.2) is 0 Å². The van der Waals surface area contributed by atoms with Crippen LogP contribution in [0.1, 0.15) is 79.1 Å². The van der Waals surface area contributed by atoms with Crippen molar-refractivity contribution in [2.75, 3.05) is 26.2 Å². The maximum Gasteiger partial charge on any atom is 0.291 e. The second-order valence-electron chi connectivity index (χ2n) is 5.89. The molecule has 0 aromatic carbocycles. The molecule has 0 spiro atoms. The van der Waals surface area contributed by atoms with Crippen LogP contribution in [-0.2, 0) is 0 Å². The maximum absolute atomic E-state index is 8.36. The molecule has 0 fully saturated rings. The minimum atomic E-state index is -1.50. The molecule has 1 N–H and O–H groups in total. The fourth-order valence-electron chi connectivity index (χ4n) is 2.64. The van der Waals surface area contributed by atoms with Crippen LogP contribution in [0.25, 0.3) is 0 Å². The fraction of sp³-hybridized carbons (Fsp3) is 1.00. The molecule has 5 heteroatoms. The van der Waals surface area contributed by atoms with Gasteiger partial charge in [0.05, 0.1) is 26.2 Å². The Morgan fingerprint density at radius 2 is 0.952 bits per heavy atom. The summed E-state index contributed by atoms with van der Waals surface area (Å²) in [6.45, 7) is 15.0. The van der Waals surface area contributed by atoms with Gasteiger partial charge < -0.3 is 9.69 Å². The predicted octanol–water partition coefficient (Wildman–Crippen LogP) is 4.66. The van der Waals surface area contributed by atoms with E-state index < -0.39 is 5.09 Å². The third-order valence-electron chi connectivity index (χ3n) is 3.94. The molecule has 0 unspecified atom stereocenters. The fourth-order valence-corrected chi connectivity index (χ4v) is 2.64. The Labute approximate surface area is 131 Å². The molecule has 0 aromatic heterocycles. The van der Waals surface area contributed by atoms with Gasteiger partial charge in [-0.1, -0.05) is 53.4 Å². The van der Waals surface area contributed by atoms with Crippen molar-refractivity contribution in [3.8, 4) is 0 Å². The highest BCUT2D eigenvalue weighted by molar-refractivity contribution is 4.49. The zero-order chi connectivity index (χ0) is 16.6. The second kappa shape index (κ2) is 15.5. The molecule has 5 nitrogen and oxygen atoms in total. The van der Waals surface area contributed by atoms with E-state index in [0.717, 1.165) is 0 Å². The van der Waals surface area contributed by atoms with Crippen LogP contribution >= 0.6 is 0 Å². The lowest BCUT2D eigenvalue weighted by Gasteiger charge is -2.39. The molecule has 0 radical (unpaired) electrons. The van der Waals surface area contributed by atoms with Crippen LogP contribution in [0.5, 0.6) is 0 Å². The smallest absolute Gasteiger partial charge is 0.291 e. The summed E-state index contributed by atoms with van der Waals surface area (Å²) < 4.78 is 1.42. The minimum Gasteiger partial charge on any atom is -0.328 e. The third kappa shape index (κ3) is 15.4. The molecule has 0 saturated heterocycles. The summed E-state index contributed by atoms with van der Waals surface area (Å²) in [6.07, 6.45) is 11.1. The zero-order valence-electron chi connectivity index (χ0n) is 14.6. The van der Waals surface area contributed by atoms with Crippen molar-refractivity contribution in [2.45, 2.75) is 79.1 Å². The van der Waals surface area contributed by atoms with Crippen LogP contribution in [0.3, 0.4) is 0 Å². The van der Waals surface area contributed by atoms with Crippen molar-refractivity contribution in [2.24, 2.45) is 0 Å². The van der Waals surface area contributed by atoms with Gasteiger partial charge >= 0.3 is 0 Å². The molecular formula is C16H37N2O3+. The monoisotopic (exact) mass is 306 g/mol. The summed E-state index contributed by atoms with van der Waals surface area (Å²) in [6, 6.07) is 0. The first-order valence-corrected chi connectivity index (χ1v) is 8.66. The Morgan fingerprint density at radius 3 is 1.10 bits per heavy atom. The van der Waals surface area contributed by atoms with E-state index in [2.05, 4.69) is 27.7 Å². The number of hydrogen-bond donors (Lipinski definition) is 1. The van der Waals surface area contributed by atoms with Crippen molar-refractivity contribution in [1.82, 2.24) is 0 Å². The van der Waals surface area contributed by atoms with E-state index in [1.807, 2.05) is 0 Å². The molecule has 128 valence electrons. The van der Waals surface area contributed by atoms with Crippen molar-refractivity contribution in [3.05, 3.63) is 10.1 Å². The summed E-state index contributed by atoms with van der Waals surface area (Å²) in [5.74, 6) is 0. The van der Waals surface area contributed by atoms with E-state index in [-0.39, 0.29) is 0 Å². The zero-order valence-corrected chi connectivity index (χ0v) is 14.6. The molecule has 0 aliphatic rings. The van der Waals surface area contributed by atoms with Gasteiger partial charge in [0, 0.05) is 0 Å². The van der Waals surface area contributed by atoms with Gasteiger partial charge in [-0.15, -0.1) is 10.1 Å². The van der Waals surface area contributed by atoms with E-state index in [0.29, 0.717) is 0 Å². The molecule has 0 aliphatic heterocycles. The number of nitrogens with zero attached hydrogens (tertiary/aromatic N) is 2. The number of hydrogen-bond acceptors (Lipinski definition) is 2. The summed E-state index contributed by atoms with van der Waals surface area (Å²) in [7, 11) is 0. The van der Waals surface area contributed by atoms with Crippen molar-refractivity contribution in [3.63, 3.8) is 0 Å². The Morgan fingerprint density at radius 1 is 0.762 bits per heavy atom. The molecule has 21 heavy (non-hydrogen) atoms. The third-order valence-corrected chi connectivity index (χ3v) is 3.94. The summed E-state index contributed by atoms with van der Waals surface area (Å²) >= 11 is 0. The molecule has 0 amide bonds. The first kappa shape index (κ1) is 22.4. The molecular weight excluding hydrogens is 269 g/mol. The summed E-state index contributed by atoms with van der Waals surface area (Å²) in [5.41, 5.74) is 0. The first-order valence-electron chi connectivity index (χ1n) is 8.66. The molecule has 0 atom stereocenters. The second-order valence-corrected chi connectivity index (χ2v) is 5.89. The number of rotatable bonds is 12. The highest BCUT2D eigenvalue weighted by Gasteiger charge is 2.24. The summed E-state index contributed by atoms with van der Waals surface area (Å²) in [4.78, 5) is 8.36. The average Bonchev–Trinajstić information content (AvgIpc) is 2.45. The Balaban J connectivity index is 0. The summed E-state index contributed by atoms with van der Waals surface area (Å²) in [5, 5.41) is 13.6. The number of quaternary nitrogens is 1. The van der Waals surface area contributed by atoms with Crippen LogP contribution in [-0.4, -0.2) is 41.0 Å². The van der Waals surface area contributed by atoms with Gasteiger partial charge in [-0.25, -0.2) is 0 Å². The lowest BCUT2D eigenvalue weighted by Crippen LogP contribution is -2.50. The molecule has 0 heterocycles. The van der Waals surface area contributed by atoms with E-state index in [1.54, 1.807) is 0 Å². The molecule has 0 saturated carbocycles. The van der Waals surface area contributed by atoms with Gasteiger partial charge in [-0.05, 0) is 25.7 Å². The van der Waals surface area contributed by atoms with Crippen LogP contribution < -0.4 is 0 Å². The van der Waals surface area contributed by atoms with Crippen LogP contribution in [0.2, 0.25) is 0 Å². The lowest BCUT2D eigenvalue weighted by molar-refractivity contribution is -0.929. The average molecular weight is 306 g/mol. The van der Waals surface area contributed by atoms with E-state index in [9.17, 15) is 0 Å². The predicted molar refractivity (Wildman–Crippen MR) is 88.1 cm³/mol. The highest BCUT2D eigenvalue weighted by atomic mass is 17.2. The van der Waals surface area contributed by atoms with Crippen LogP contribution in [0.4, 0.5) is 0 Å². The van der Waals surface area contributed by atoms with Crippen molar-refractivity contribution < 1.29 is 14.8 Å². The maximum atomic E-state index is 8.36. The van der Waals surface area contributed by atoms with Crippen LogP contribution in [0, 0.1) is 10.1 Å². The number of unbranched alkanes of at least 4 members (excludes halogenated alkanes) is 4. The highest BCUT2D eigenvalue weighted by Crippen LogP contribution is 2.16. The molecule has 0 rings (SSSR count). The topological polar surface area (TPSA) is 63.4 Å². The van der Waals surface area contributed by atoms with E-state index in [4.69, 9.17) is 15.3 Å². The standard InChI is InChI=1S/C16H36N.HNO3/c1-5-9-13-17(14-10-6-2,15-11-7-3)16-12-8-4;2-1(3)4/h5-16H2,1-4H3;(H,2,3,4)/q+1;/i;1+1. The Kier molecular flexibility index (Phi) is 16.6. The Bertz CT molecular complexity index is 194. The molecule has 0 bridgehead atoms. The van der Waals surface area contributed by atoms with E-state index >= 15 is 0 Å².